The van der Waals surface area contributed by atoms with Gasteiger partial charge in [-0.1, -0.05) is 6.92 Å². The topological polar surface area (TPSA) is 104 Å². The van der Waals surface area contributed by atoms with E-state index in [9.17, 15) is 20.0 Å². The molecule has 0 aromatic heterocycles. The fraction of sp³-hybridized carbons (Fsp3) is 0.417. The maximum Gasteiger partial charge on any atom is 0.319 e. The van der Waals surface area contributed by atoms with Crippen molar-refractivity contribution in [3.8, 4) is 0 Å². The summed E-state index contributed by atoms with van der Waals surface area (Å²) in [5, 5.41) is 24.9. The highest BCUT2D eigenvalue weighted by atomic mass is 16.6. The van der Waals surface area contributed by atoms with Gasteiger partial charge in [0, 0.05) is 17.8 Å². The van der Waals surface area contributed by atoms with Gasteiger partial charge in [-0.15, -0.1) is 0 Å². The zero-order chi connectivity index (χ0) is 14.5. The molecule has 104 valence electrons. The Morgan fingerprint density at radius 1 is 1.42 bits per heavy atom. The molecule has 0 aliphatic rings. The molecule has 7 nitrogen and oxygen atoms in total. The molecule has 7 heteroatoms. The largest absolute Gasteiger partial charge is 0.394 e. The summed E-state index contributed by atoms with van der Waals surface area (Å²) in [5.41, 5.74) is -0.288. The zero-order valence-corrected chi connectivity index (χ0v) is 10.8. The minimum absolute atomic E-state index is 0.0419. The zero-order valence-electron chi connectivity index (χ0n) is 10.8. The minimum atomic E-state index is -0.690. The Morgan fingerprint density at radius 3 is 2.42 bits per heavy atom. The predicted molar refractivity (Wildman–Crippen MR) is 71.0 cm³/mol. The lowest BCUT2D eigenvalue weighted by Crippen LogP contribution is -2.50. The molecule has 0 saturated carbocycles. The van der Waals surface area contributed by atoms with Crippen molar-refractivity contribution in [1.29, 1.82) is 0 Å². The van der Waals surface area contributed by atoms with E-state index in [4.69, 9.17) is 0 Å². The first kappa shape index (κ1) is 14.9. The van der Waals surface area contributed by atoms with E-state index in [1.165, 1.54) is 24.3 Å². The van der Waals surface area contributed by atoms with Crippen molar-refractivity contribution in [3.63, 3.8) is 0 Å². The number of hydrogen-bond acceptors (Lipinski definition) is 4. The standard InChI is InChI=1S/C12H17N3O4/c1-3-12(2,8-16)14-11(17)13-9-4-6-10(7-5-9)15(18)19/h4-7,16H,3,8H2,1-2H3,(H2,13,14,17). The number of amides is 2. The van der Waals surface area contributed by atoms with Crippen molar-refractivity contribution in [3.05, 3.63) is 34.4 Å². The Hall–Kier alpha value is -2.15. The van der Waals surface area contributed by atoms with Gasteiger partial charge in [0.05, 0.1) is 17.1 Å². The lowest BCUT2D eigenvalue weighted by molar-refractivity contribution is -0.384. The average Bonchev–Trinajstić information content (AvgIpc) is 2.39. The molecule has 1 unspecified atom stereocenters. The van der Waals surface area contributed by atoms with Gasteiger partial charge in [-0.25, -0.2) is 4.79 Å². The van der Waals surface area contributed by atoms with E-state index in [-0.39, 0.29) is 12.3 Å². The second kappa shape index (κ2) is 6.14. The molecule has 1 atom stereocenters. The number of carbonyl (C=O) groups excluding carboxylic acids is 1. The quantitative estimate of drug-likeness (QED) is 0.559. The third kappa shape index (κ3) is 4.22. The summed E-state index contributed by atoms with van der Waals surface area (Å²) < 4.78 is 0. The van der Waals surface area contributed by atoms with Gasteiger partial charge in [0.15, 0.2) is 0 Å². The van der Waals surface area contributed by atoms with E-state index in [0.29, 0.717) is 12.1 Å². The van der Waals surface area contributed by atoms with Crippen LogP contribution in [0.25, 0.3) is 0 Å². The molecule has 3 N–H and O–H groups in total. The highest BCUT2D eigenvalue weighted by Gasteiger charge is 2.23. The molecule has 0 saturated heterocycles. The Morgan fingerprint density at radius 2 is 2.00 bits per heavy atom. The number of nitrogens with one attached hydrogen (secondary N) is 2. The molecule has 1 rings (SSSR count). The van der Waals surface area contributed by atoms with Gasteiger partial charge < -0.3 is 15.7 Å². The second-order valence-electron chi connectivity index (χ2n) is 4.46. The molecule has 0 heterocycles. The monoisotopic (exact) mass is 267 g/mol. The summed E-state index contributed by atoms with van der Waals surface area (Å²) >= 11 is 0. The second-order valence-corrected chi connectivity index (χ2v) is 4.46. The molecular formula is C12H17N3O4. The molecule has 1 aromatic carbocycles. The van der Waals surface area contributed by atoms with E-state index in [2.05, 4.69) is 10.6 Å². The van der Waals surface area contributed by atoms with Crippen LogP contribution in [0, 0.1) is 10.1 Å². The fourth-order valence-electron chi connectivity index (χ4n) is 1.34. The molecule has 0 aliphatic heterocycles. The molecule has 0 radical (unpaired) electrons. The number of aliphatic hydroxyl groups excluding tert-OH is 1. The molecule has 1 aromatic rings. The molecule has 2 amide bonds. The van der Waals surface area contributed by atoms with Crippen LogP contribution in [0.4, 0.5) is 16.2 Å². The lowest BCUT2D eigenvalue weighted by Gasteiger charge is -2.27. The first-order valence-corrected chi connectivity index (χ1v) is 5.84. The van der Waals surface area contributed by atoms with Crippen LogP contribution < -0.4 is 10.6 Å². The van der Waals surface area contributed by atoms with Crippen molar-refractivity contribution in [2.75, 3.05) is 11.9 Å². The summed E-state index contributed by atoms with van der Waals surface area (Å²) in [6, 6.07) is 5.04. The van der Waals surface area contributed by atoms with Crippen molar-refractivity contribution in [2.45, 2.75) is 25.8 Å². The number of urea groups is 1. The molecule has 0 fully saturated rings. The van der Waals surface area contributed by atoms with Crippen LogP contribution >= 0.6 is 0 Å². The molecule has 0 spiro atoms. The number of nitrogens with zero attached hydrogens (tertiary/aromatic N) is 1. The van der Waals surface area contributed by atoms with E-state index in [1.54, 1.807) is 6.92 Å². The average molecular weight is 267 g/mol. The minimum Gasteiger partial charge on any atom is -0.394 e. The van der Waals surface area contributed by atoms with Gasteiger partial charge >= 0.3 is 6.03 Å². The first-order valence-electron chi connectivity index (χ1n) is 5.84. The Kier molecular flexibility index (Phi) is 4.82. The van der Waals surface area contributed by atoms with Gasteiger partial charge in [-0.3, -0.25) is 10.1 Å². The van der Waals surface area contributed by atoms with Crippen molar-refractivity contribution in [1.82, 2.24) is 5.32 Å². The van der Waals surface area contributed by atoms with Gasteiger partial charge in [0.2, 0.25) is 0 Å². The van der Waals surface area contributed by atoms with Gasteiger partial charge in [0.1, 0.15) is 0 Å². The number of anilines is 1. The Labute approximate surface area is 110 Å². The van der Waals surface area contributed by atoms with E-state index in [0.717, 1.165) is 0 Å². The number of benzene rings is 1. The highest BCUT2D eigenvalue weighted by Crippen LogP contribution is 2.15. The van der Waals surface area contributed by atoms with Crippen LogP contribution in [0.15, 0.2) is 24.3 Å². The predicted octanol–water partition coefficient (Wildman–Crippen LogP) is 1.88. The van der Waals surface area contributed by atoms with Crippen molar-refractivity contribution < 1.29 is 14.8 Å². The molecule has 0 bridgehead atoms. The van der Waals surface area contributed by atoms with Gasteiger partial charge in [0.25, 0.3) is 5.69 Å². The maximum absolute atomic E-state index is 11.7. The van der Waals surface area contributed by atoms with Crippen LogP contribution in [-0.2, 0) is 0 Å². The van der Waals surface area contributed by atoms with Crippen molar-refractivity contribution in [2.24, 2.45) is 0 Å². The third-order valence-corrected chi connectivity index (χ3v) is 2.88. The third-order valence-electron chi connectivity index (χ3n) is 2.88. The highest BCUT2D eigenvalue weighted by molar-refractivity contribution is 5.89. The molecule has 0 aliphatic carbocycles. The maximum atomic E-state index is 11.7. The first-order chi connectivity index (χ1) is 8.90. The van der Waals surface area contributed by atoms with Crippen LogP contribution in [0.2, 0.25) is 0 Å². The Balaban J connectivity index is 2.64. The van der Waals surface area contributed by atoms with Crippen molar-refractivity contribution >= 4 is 17.4 Å². The summed E-state index contributed by atoms with van der Waals surface area (Å²) in [5.74, 6) is 0. The summed E-state index contributed by atoms with van der Waals surface area (Å²) in [6.07, 6.45) is 0.581. The van der Waals surface area contributed by atoms with E-state index >= 15 is 0 Å². The van der Waals surface area contributed by atoms with Crippen LogP contribution in [0.3, 0.4) is 0 Å². The number of aliphatic hydroxyl groups is 1. The summed E-state index contributed by atoms with van der Waals surface area (Å²) in [6.45, 7) is 3.40. The SMILES string of the molecule is CCC(C)(CO)NC(=O)Nc1ccc([N+](=O)[O-])cc1. The van der Waals surface area contributed by atoms with Crippen LogP contribution in [0.1, 0.15) is 20.3 Å². The van der Waals surface area contributed by atoms with Crippen LogP contribution in [-0.4, -0.2) is 28.2 Å². The number of nitro benzene ring substituents is 1. The molecular weight excluding hydrogens is 250 g/mol. The van der Waals surface area contributed by atoms with Gasteiger partial charge in [-0.05, 0) is 25.5 Å². The van der Waals surface area contributed by atoms with Crippen LogP contribution in [0.5, 0.6) is 0 Å². The van der Waals surface area contributed by atoms with E-state index < -0.39 is 16.5 Å². The van der Waals surface area contributed by atoms with E-state index in [1.807, 2.05) is 6.92 Å². The summed E-state index contributed by atoms with van der Waals surface area (Å²) in [7, 11) is 0. The fourth-order valence-corrected chi connectivity index (χ4v) is 1.34. The number of rotatable bonds is 5. The van der Waals surface area contributed by atoms with Gasteiger partial charge in [-0.2, -0.15) is 0 Å². The normalized spacial score (nSPS) is 13.4. The number of nitro groups is 1. The smallest absolute Gasteiger partial charge is 0.319 e. The number of carbonyl (C=O) groups is 1. The Bertz CT molecular complexity index is 455. The number of non-ortho nitro benzene ring substituents is 1. The summed E-state index contributed by atoms with van der Waals surface area (Å²) in [4.78, 5) is 21.7. The molecule has 19 heavy (non-hydrogen) atoms. The number of hydrogen-bond donors (Lipinski definition) is 3. The lowest BCUT2D eigenvalue weighted by atomic mass is 10.0.